The van der Waals surface area contributed by atoms with E-state index in [0.717, 1.165) is 38.8 Å². The number of fused-ring (bicyclic) bond motifs is 8. The highest BCUT2D eigenvalue weighted by Gasteiger charge is 2.49. The van der Waals surface area contributed by atoms with E-state index in [4.69, 9.17) is 26.2 Å². The maximum atomic E-state index is 17.5. The number of hydrogen-bond donors (Lipinski definition) is 2. The lowest BCUT2D eigenvalue weighted by molar-refractivity contribution is 0.107. The van der Waals surface area contributed by atoms with E-state index in [1.165, 1.54) is 24.3 Å². The number of nitrogens with zero attached hydrogens (tertiary/aromatic N) is 6. The van der Waals surface area contributed by atoms with Crippen LogP contribution in [0, 0.1) is 24.0 Å². The van der Waals surface area contributed by atoms with Crippen LogP contribution >= 0.6 is 0 Å². The number of terminal acetylenes is 1. The van der Waals surface area contributed by atoms with Crippen LogP contribution in [0.5, 0.6) is 11.8 Å². The Kier molecular flexibility index (Phi) is 6.59. The molecule has 2 bridgehead atoms. The zero-order valence-corrected chi connectivity index (χ0v) is 26.4. The van der Waals surface area contributed by atoms with E-state index < -0.39 is 23.3 Å². The summed E-state index contributed by atoms with van der Waals surface area (Å²) in [6.07, 6.45) is 10.8. The van der Waals surface area contributed by atoms with Gasteiger partial charge in [-0.15, -0.1) is 6.42 Å². The highest BCUT2D eigenvalue weighted by Crippen LogP contribution is 2.46. The van der Waals surface area contributed by atoms with Crippen molar-refractivity contribution in [3.63, 3.8) is 0 Å². The third-order valence-corrected chi connectivity index (χ3v) is 10.9. The van der Waals surface area contributed by atoms with Crippen LogP contribution in [0.1, 0.15) is 37.7 Å². The molecule has 5 aliphatic heterocycles. The van der Waals surface area contributed by atoms with Crippen molar-refractivity contribution < 1.29 is 23.0 Å². The number of ether oxygens (including phenoxy) is 1. The summed E-state index contributed by atoms with van der Waals surface area (Å²) >= 11 is 0. The van der Waals surface area contributed by atoms with Crippen LogP contribution in [0.15, 0.2) is 30.5 Å². The number of aromatic hydroxyl groups is 1. The molecular weight excluding hydrogens is 619 g/mol. The molecule has 9 nitrogen and oxygen atoms in total. The van der Waals surface area contributed by atoms with Gasteiger partial charge in [0.2, 0.25) is 0 Å². The molecule has 5 saturated heterocycles. The van der Waals surface area contributed by atoms with Gasteiger partial charge >= 0.3 is 6.01 Å². The number of hydrogen-bond acceptors (Lipinski definition) is 8. The van der Waals surface area contributed by atoms with Gasteiger partial charge < -0.3 is 20.1 Å². The molecule has 48 heavy (non-hydrogen) atoms. The van der Waals surface area contributed by atoms with Gasteiger partial charge in [0.05, 0.1) is 16.5 Å². The minimum absolute atomic E-state index is 0.0136. The summed E-state index contributed by atoms with van der Waals surface area (Å²) < 4.78 is 55.1. The first-order valence-electron chi connectivity index (χ1n) is 16.5. The van der Waals surface area contributed by atoms with Gasteiger partial charge in [-0.2, -0.15) is 15.1 Å². The molecule has 5 aliphatic rings. The molecule has 0 aliphatic carbocycles. The Labute approximate surface area is 274 Å². The topological polar surface area (TPSA) is 91.6 Å². The summed E-state index contributed by atoms with van der Waals surface area (Å²) in [4.78, 5) is 14.1. The van der Waals surface area contributed by atoms with Gasteiger partial charge in [-0.05, 0) is 61.4 Å². The van der Waals surface area contributed by atoms with Crippen LogP contribution in [-0.2, 0) is 7.05 Å². The molecule has 5 fully saturated rings. The zero-order valence-electron chi connectivity index (χ0n) is 26.4. The van der Waals surface area contributed by atoms with E-state index in [1.54, 1.807) is 17.9 Å². The SMILES string of the molecule is C#Cc1c(F)ccc2cc(O)cc(-c3c(F)c4nc(OC[C@@]56CCCN5C[C@H](F)C6)nc(N5CC6CCC5CN6)c4c4cn(C)nc34)c12. The molecule has 246 valence electrons. The first-order chi connectivity index (χ1) is 23.2. The maximum Gasteiger partial charge on any atom is 0.319 e. The van der Waals surface area contributed by atoms with Gasteiger partial charge in [-0.1, -0.05) is 12.0 Å². The molecule has 10 rings (SSSR count). The van der Waals surface area contributed by atoms with Crippen molar-refractivity contribution in [3.8, 4) is 35.2 Å². The van der Waals surface area contributed by atoms with Gasteiger partial charge in [0.25, 0.3) is 0 Å². The second kappa shape index (κ2) is 10.7. The fraction of sp³-hybridized carbons (Fsp3) is 0.417. The number of aryl methyl sites for hydroxylation is 1. The summed E-state index contributed by atoms with van der Waals surface area (Å²) in [6, 6.07) is 6.01. The van der Waals surface area contributed by atoms with Gasteiger partial charge in [0, 0.05) is 67.7 Å². The number of nitrogens with one attached hydrogen (secondary N) is 1. The molecule has 0 radical (unpaired) electrons. The normalized spacial score (nSPS) is 25.4. The number of piperazine rings is 1. The second-order valence-corrected chi connectivity index (χ2v) is 13.8. The average Bonchev–Trinajstić information content (AvgIpc) is 3.75. The fourth-order valence-corrected chi connectivity index (χ4v) is 8.81. The van der Waals surface area contributed by atoms with E-state index in [0.29, 0.717) is 47.0 Å². The van der Waals surface area contributed by atoms with Crippen LogP contribution in [0.25, 0.3) is 43.7 Å². The molecule has 0 amide bonds. The summed E-state index contributed by atoms with van der Waals surface area (Å²) in [5.41, 5.74) is 0.0732. The molecular formula is C36H34F3N7O2. The predicted molar refractivity (Wildman–Crippen MR) is 177 cm³/mol. The monoisotopic (exact) mass is 653 g/mol. The summed E-state index contributed by atoms with van der Waals surface area (Å²) in [5.74, 6) is 1.50. The Morgan fingerprint density at radius 3 is 2.79 bits per heavy atom. The van der Waals surface area contributed by atoms with Crippen molar-refractivity contribution in [2.24, 2.45) is 7.05 Å². The number of piperidine rings is 2. The molecule has 2 N–H and O–H groups in total. The molecule has 3 aromatic carbocycles. The van der Waals surface area contributed by atoms with Crippen LogP contribution in [0.4, 0.5) is 19.0 Å². The van der Waals surface area contributed by atoms with Gasteiger partial charge in [-0.3, -0.25) is 9.58 Å². The summed E-state index contributed by atoms with van der Waals surface area (Å²) in [6.45, 7) is 2.84. The maximum absolute atomic E-state index is 17.5. The van der Waals surface area contributed by atoms with Crippen molar-refractivity contribution in [1.29, 1.82) is 0 Å². The molecule has 7 heterocycles. The van der Waals surface area contributed by atoms with Crippen LogP contribution in [0.3, 0.4) is 0 Å². The first-order valence-corrected chi connectivity index (χ1v) is 16.5. The number of benzene rings is 3. The minimum Gasteiger partial charge on any atom is -0.508 e. The molecule has 2 aromatic heterocycles. The fourth-order valence-electron chi connectivity index (χ4n) is 8.81. The highest BCUT2D eigenvalue weighted by molar-refractivity contribution is 6.18. The predicted octanol–water partition coefficient (Wildman–Crippen LogP) is 5.20. The molecule has 0 spiro atoms. The Morgan fingerprint density at radius 1 is 1.15 bits per heavy atom. The van der Waals surface area contributed by atoms with Crippen molar-refractivity contribution in [1.82, 2.24) is 30.0 Å². The lowest BCUT2D eigenvalue weighted by Gasteiger charge is -2.46. The summed E-state index contributed by atoms with van der Waals surface area (Å²) in [5, 5.41) is 20.9. The Bertz CT molecular complexity index is 2190. The number of anilines is 1. The van der Waals surface area contributed by atoms with Crippen molar-refractivity contribution in [3.05, 3.63) is 47.7 Å². The molecule has 2 unspecified atom stereocenters. The Hall–Kier alpha value is -4.60. The largest absolute Gasteiger partial charge is 0.508 e. The van der Waals surface area contributed by atoms with Gasteiger partial charge in [-0.25, -0.2) is 13.2 Å². The van der Waals surface area contributed by atoms with Crippen LogP contribution < -0.4 is 15.0 Å². The zero-order chi connectivity index (χ0) is 32.9. The van der Waals surface area contributed by atoms with E-state index in [2.05, 4.69) is 21.0 Å². The van der Waals surface area contributed by atoms with Gasteiger partial charge in [0.1, 0.15) is 41.2 Å². The average molecular weight is 654 g/mol. The number of phenolic OH excluding ortho intramolecular Hbond substituents is 1. The van der Waals surface area contributed by atoms with E-state index in [9.17, 15) is 9.50 Å². The van der Waals surface area contributed by atoms with Crippen LogP contribution in [-0.4, -0.2) is 86.3 Å². The third-order valence-electron chi connectivity index (χ3n) is 10.9. The second-order valence-electron chi connectivity index (χ2n) is 13.8. The smallest absolute Gasteiger partial charge is 0.319 e. The number of rotatable bonds is 5. The summed E-state index contributed by atoms with van der Waals surface area (Å²) in [7, 11) is 1.75. The third kappa shape index (κ3) is 4.37. The number of phenols is 1. The minimum atomic E-state index is -0.924. The quantitative estimate of drug-likeness (QED) is 0.251. The van der Waals surface area contributed by atoms with Crippen molar-refractivity contribution in [2.75, 3.05) is 37.7 Å². The van der Waals surface area contributed by atoms with E-state index >= 15 is 8.78 Å². The Balaban J connectivity index is 1.30. The van der Waals surface area contributed by atoms with Gasteiger partial charge in [0.15, 0.2) is 5.82 Å². The molecule has 12 heteroatoms. The molecule has 4 atom stereocenters. The standard InChI is InChI=1S/C36H34F3N7O2/c1-3-24-27(38)8-5-19-11-23(47)12-25(28(19)24)29-31(39)33-30(26-17-44(2)43-32(26)29)34(46-16-21-6-7-22(46)14-40-21)42-35(41-33)48-18-36-9-4-10-45(36)15-20(37)13-36/h1,5,8,11-12,17,20-22,40,47H,4,6-7,9-10,13-16,18H2,2H3/t20-,21?,22?,36+/m1/s1. The number of alkyl halides is 1. The van der Waals surface area contributed by atoms with Crippen LogP contribution in [0.2, 0.25) is 0 Å². The van der Waals surface area contributed by atoms with Crippen molar-refractivity contribution >= 4 is 38.4 Å². The Morgan fingerprint density at radius 2 is 2.02 bits per heavy atom. The molecule has 5 aromatic rings. The molecule has 0 saturated carbocycles. The lowest BCUT2D eigenvalue weighted by Crippen LogP contribution is -2.61. The van der Waals surface area contributed by atoms with E-state index in [-0.39, 0.29) is 58.0 Å². The number of aromatic nitrogens is 4. The number of halogens is 3. The highest BCUT2D eigenvalue weighted by atomic mass is 19.1. The lowest BCUT2D eigenvalue weighted by atomic mass is 9.90. The first kappa shape index (κ1) is 29.5. The van der Waals surface area contributed by atoms with Crippen molar-refractivity contribution in [2.45, 2.75) is 55.9 Å². The van der Waals surface area contributed by atoms with E-state index in [1.807, 2.05) is 0 Å².